The Morgan fingerprint density at radius 3 is 2.30 bits per heavy atom. The van der Waals surface area contributed by atoms with Crippen LogP contribution in [0, 0.1) is 0 Å². The number of piperidine rings is 1. The van der Waals surface area contributed by atoms with Gasteiger partial charge >= 0.3 is 6.09 Å². The monoisotopic (exact) mass is 598 g/mol. The van der Waals surface area contributed by atoms with Gasteiger partial charge in [-0.1, -0.05) is 30.3 Å². The number of nitrogens with zero attached hydrogens (tertiary/aromatic N) is 5. The zero-order valence-corrected chi connectivity index (χ0v) is 25.8. The average molecular weight is 599 g/mol. The van der Waals surface area contributed by atoms with Crippen molar-refractivity contribution >= 4 is 28.7 Å². The van der Waals surface area contributed by atoms with Gasteiger partial charge in [-0.3, -0.25) is 4.90 Å². The summed E-state index contributed by atoms with van der Waals surface area (Å²) < 4.78 is 12.0. The molecule has 0 atom stereocenters. The number of carbonyl (C=O) groups is 1. The van der Waals surface area contributed by atoms with Gasteiger partial charge in [-0.25, -0.2) is 14.8 Å². The largest absolute Gasteiger partial charge is 0.444 e. The predicted octanol–water partition coefficient (Wildman–Crippen LogP) is 5.16. The van der Waals surface area contributed by atoms with E-state index in [9.17, 15) is 9.90 Å². The SMILES string of the molecule is CC(C)(C)OC(=O)NC1CCN(c2ncnc3oc(-c4ccc(N5CCN(CCO)CC5)cc4)c(-c4ccccc4)c23)CC1. The van der Waals surface area contributed by atoms with E-state index in [1.807, 2.05) is 39.0 Å². The number of amides is 1. The summed E-state index contributed by atoms with van der Waals surface area (Å²) in [5, 5.41) is 13.2. The summed E-state index contributed by atoms with van der Waals surface area (Å²) in [6.07, 6.45) is 2.77. The van der Waals surface area contributed by atoms with Crippen LogP contribution in [0.3, 0.4) is 0 Å². The van der Waals surface area contributed by atoms with Crippen LogP contribution in [0.25, 0.3) is 33.6 Å². The van der Waals surface area contributed by atoms with Crippen LogP contribution in [0.5, 0.6) is 0 Å². The van der Waals surface area contributed by atoms with Gasteiger partial charge in [-0.2, -0.15) is 0 Å². The number of hydrogen-bond donors (Lipinski definition) is 2. The maximum absolute atomic E-state index is 12.3. The Labute approximate surface area is 258 Å². The van der Waals surface area contributed by atoms with E-state index in [1.54, 1.807) is 6.33 Å². The number of alkyl carbamates (subject to hydrolysis) is 1. The maximum Gasteiger partial charge on any atom is 0.407 e. The molecule has 10 nitrogen and oxygen atoms in total. The molecular weight excluding hydrogens is 556 g/mol. The minimum atomic E-state index is -0.527. The molecule has 4 heterocycles. The number of aliphatic hydroxyl groups is 1. The molecule has 2 aliphatic heterocycles. The van der Waals surface area contributed by atoms with Gasteiger partial charge in [0.15, 0.2) is 0 Å². The van der Waals surface area contributed by atoms with E-state index in [4.69, 9.17) is 14.1 Å². The van der Waals surface area contributed by atoms with Gasteiger partial charge in [0.2, 0.25) is 5.71 Å². The molecular formula is C34H42N6O4. The van der Waals surface area contributed by atoms with Gasteiger partial charge in [0.25, 0.3) is 0 Å². The summed E-state index contributed by atoms with van der Waals surface area (Å²) in [4.78, 5) is 28.6. The van der Waals surface area contributed by atoms with E-state index in [0.717, 1.165) is 92.3 Å². The molecule has 44 heavy (non-hydrogen) atoms. The van der Waals surface area contributed by atoms with E-state index in [0.29, 0.717) is 5.71 Å². The van der Waals surface area contributed by atoms with Crippen LogP contribution in [0.1, 0.15) is 33.6 Å². The molecule has 1 amide bonds. The van der Waals surface area contributed by atoms with E-state index >= 15 is 0 Å². The smallest absolute Gasteiger partial charge is 0.407 e. The third-order valence-electron chi connectivity index (χ3n) is 8.33. The fraction of sp³-hybridized carbons (Fsp3) is 0.441. The molecule has 0 radical (unpaired) electrons. The lowest BCUT2D eigenvalue weighted by molar-refractivity contribution is 0.0497. The highest BCUT2D eigenvalue weighted by Crippen LogP contribution is 2.44. The van der Waals surface area contributed by atoms with Crippen molar-refractivity contribution in [2.45, 2.75) is 45.3 Å². The summed E-state index contributed by atoms with van der Waals surface area (Å²) >= 11 is 0. The Hall–Kier alpha value is -4.15. The fourth-order valence-electron chi connectivity index (χ4n) is 6.15. The molecule has 4 aromatic rings. The highest BCUT2D eigenvalue weighted by atomic mass is 16.6. The van der Waals surface area contributed by atoms with Crippen molar-refractivity contribution in [2.75, 3.05) is 62.2 Å². The van der Waals surface area contributed by atoms with Crippen molar-refractivity contribution in [3.05, 3.63) is 60.9 Å². The van der Waals surface area contributed by atoms with Gasteiger partial charge in [0.05, 0.1) is 12.0 Å². The number of anilines is 2. The van der Waals surface area contributed by atoms with Crippen LogP contribution in [-0.4, -0.2) is 90.1 Å². The molecule has 2 N–H and O–H groups in total. The summed E-state index contributed by atoms with van der Waals surface area (Å²) in [6.45, 7) is 11.8. The summed E-state index contributed by atoms with van der Waals surface area (Å²) in [6, 6.07) is 18.9. The quantitative estimate of drug-likeness (QED) is 0.298. The standard InChI is InChI=1S/C34H42N6O4/c1-34(2,3)44-33(42)37-26-13-15-40(16-14-26)31-29-28(24-7-5-4-6-8-24)30(43-32(29)36-23-35-31)25-9-11-27(12-10-25)39-19-17-38(18-20-39)21-22-41/h4-12,23,26,41H,13-22H2,1-3H3,(H,37,42). The second-order valence-corrected chi connectivity index (χ2v) is 12.6. The summed E-state index contributed by atoms with van der Waals surface area (Å²) in [7, 11) is 0. The number of aliphatic hydroxyl groups excluding tert-OH is 1. The summed E-state index contributed by atoms with van der Waals surface area (Å²) in [5.74, 6) is 1.62. The van der Waals surface area contributed by atoms with Crippen LogP contribution in [0.2, 0.25) is 0 Å². The van der Waals surface area contributed by atoms with Crippen molar-refractivity contribution in [2.24, 2.45) is 0 Å². The Kier molecular flexibility index (Phi) is 8.72. The molecule has 0 unspecified atom stereocenters. The predicted molar refractivity (Wildman–Crippen MR) is 173 cm³/mol. The number of β-amino-alcohol motifs (C(OH)–C–C–N with tert-alkyl or cyclic N) is 1. The van der Waals surface area contributed by atoms with Crippen LogP contribution in [0.15, 0.2) is 65.3 Å². The Morgan fingerprint density at radius 1 is 0.932 bits per heavy atom. The number of furan rings is 1. The van der Waals surface area contributed by atoms with Gasteiger partial charge < -0.3 is 29.4 Å². The van der Waals surface area contributed by atoms with Crippen LogP contribution in [-0.2, 0) is 4.74 Å². The van der Waals surface area contributed by atoms with Gasteiger partial charge in [0.1, 0.15) is 23.5 Å². The molecule has 0 spiro atoms. The second-order valence-electron chi connectivity index (χ2n) is 12.6. The minimum Gasteiger partial charge on any atom is -0.444 e. The molecule has 0 saturated carbocycles. The van der Waals surface area contributed by atoms with Crippen LogP contribution in [0.4, 0.5) is 16.3 Å². The number of ether oxygens (including phenoxy) is 1. The molecule has 2 saturated heterocycles. The Balaban J connectivity index is 1.27. The maximum atomic E-state index is 12.3. The lowest BCUT2D eigenvalue weighted by Gasteiger charge is -2.35. The molecule has 0 aliphatic carbocycles. The number of piperazine rings is 1. The summed E-state index contributed by atoms with van der Waals surface area (Å²) in [5.41, 5.74) is 4.22. The van der Waals surface area contributed by atoms with Crippen molar-refractivity contribution < 1.29 is 19.1 Å². The first-order valence-corrected chi connectivity index (χ1v) is 15.5. The number of hydrogen-bond acceptors (Lipinski definition) is 9. The minimum absolute atomic E-state index is 0.0445. The first kappa shape index (κ1) is 29.9. The zero-order valence-electron chi connectivity index (χ0n) is 25.8. The van der Waals surface area contributed by atoms with E-state index in [-0.39, 0.29) is 18.7 Å². The topological polar surface area (TPSA) is 107 Å². The van der Waals surface area contributed by atoms with Gasteiger partial charge in [0, 0.05) is 68.7 Å². The molecule has 2 aliphatic rings. The molecule has 2 fully saturated rings. The third kappa shape index (κ3) is 6.66. The average Bonchev–Trinajstić information content (AvgIpc) is 3.42. The molecule has 10 heteroatoms. The highest BCUT2D eigenvalue weighted by molar-refractivity contribution is 6.06. The molecule has 2 aromatic carbocycles. The normalized spacial score (nSPS) is 16.8. The van der Waals surface area contributed by atoms with Gasteiger partial charge in [-0.05, 0) is 63.4 Å². The molecule has 6 rings (SSSR count). The number of benzene rings is 2. The number of fused-ring (bicyclic) bond motifs is 1. The zero-order chi connectivity index (χ0) is 30.7. The lowest BCUT2D eigenvalue weighted by Crippen LogP contribution is -2.47. The highest BCUT2D eigenvalue weighted by Gasteiger charge is 2.29. The lowest BCUT2D eigenvalue weighted by atomic mass is 9.98. The molecule has 2 aromatic heterocycles. The third-order valence-corrected chi connectivity index (χ3v) is 8.33. The Bertz CT molecular complexity index is 1550. The number of rotatable bonds is 7. The van der Waals surface area contributed by atoms with Crippen molar-refractivity contribution in [1.29, 1.82) is 0 Å². The van der Waals surface area contributed by atoms with E-state index in [1.165, 1.54) is 5.69 Å². The first-order valence-electron chi connectivity index (χ1n) is 15.5. The van der Waals surface area contributed by atoms with Crippen LogP contribution >= 0.6 is 0 Å². The van der Waals surface area contributed by atoms with Crippen molar-refractivity contribution in [3.63, 3.8) is 0 Å². The van der Waals surface area contributed by atoms with Crippen LogP contribution < -0.4 is 15.1 Å². The van der Waals surface area contributed by atoms with Crippen molar-refractivity contribution in [3.8, 4) is 22.5 Å². The molecule has 232 valence electrons. The molecule has 0 bridgehead atoms. The van der Waals surface area contributed by atoms with E-state index < -0.39 is 5.60 Å². The van der Waals surface area contributed by atoms with Gasteiger partial charge in [-0.15, -0.1) is 0 Å². The number of nitrogens with one attached hydrogen (secondary N) is 1. The number of aromatic nitrogens is 2. The second kappa shape index (κ2) is 12.8. The number of carbonyl (C=O) groups excluding carboxylic acids is 1. The first-order chi connectivity index (χ1) is 21.3. The fourth-order valence-corrected chi connectivity index (χ4v) is 6.15. The Morgan fingerprint density at radius 2 is 1.64 bits per heavy atom. The van der Waals surface area contributed by atoms with Crippen molar-refractivity contribution in [1.82, 2.24) is 20.2 Å². The van der Waals surface area contributed by atoms with E-state index in [2.05, 4.69) is 61.4 Å².